The Balaban J connectivity index is 2.56. The van der Waals surface area contributed by atoms with Crippen LogP contribution in [-0.2, 0) is 0 Å². The van der Waals surface area contributed by atoms with Crippen LogP contribution in [0, 0.1) is 13.8 Å². The molecule has 0 saturated heterocycles. The lowest BCUT2D eigenvalue weighted by atomic mass is 9.99. The highest BCUT2D eigenvalue weighted by atomic mass is 16.1. The molecule has 0 spiro atoms. The maximum Gasteiger partial charge on any atom is 0.153 e. The first-order valence-corrected chi connectivity index (χ1v) is 7.23. The highest BCUT2D eigenvalue weighted by molar-refractivity contribution is 5.86. The van der Waals surface area contributed by atoms with Gasteiger partial charge in [0.1, 0.15) is 5.69 Å². The number of aldehydes is 1. The van der Waals surface area contributed by atoms with E-state index in [-0.39, 0.29) is 0 Å². The van der Waals surface area contributed by atoms with Gasteiger partial charge in [0.25, 0.3) is 0 Å². The largest absolute Gasteiger partial charge is 0.298 e. The maximum atomic E-state index is 11.4. The molecular formula is C17H22N2O. The van der Waals surface area contributed by atoms with Gasteiger partial charge in [0.15, 0.2) is 6.29 Å². The molecule has 20 heavy (non-hydrogen) atoms. The van der Waals surface area contributed by atoms with E-state index in [9.17, 15) is 4.79 Å². The van der Waals surface area contributed by atoms with E-state index in [1.807, 2.05) is 23.0 Å². The molecule has 2 aromatic rings. The van der Waals surface area contributed by atoms with E-state index in [2.05, 4.69) is 38.9 Å². The van der Waals surface area contributed by atoms with Crippen molar-refractivity contribution in [2.75, 3.05) is 0 Å². The Morgan fingerprint density at radius 1 is 1.25 bits per heavy atom. The Hall–Kier alpha value is -1.90. The van der Waals surface area contributed by atoms with Gasteiger partial charge >= 0.3 is 0 Å². The van der Waals surface area contributed by atoms with Crippen molar-refractivity contribution in [1.82, 2.24) is 9.78 Å². The zero-order valence-corrected chi connectivity index (χ0v) is 12.7. The Bertz CT molecular complexity index is 609. The molecule has 0 N–H and O–H groups in total. The van der Waals surface area contributed by atoms with Crippen LogP contribution in [0.25, 0.3) is 11.3 Å². The molecule has 0 aliphatic carbocycles. The topological polar surface area (TPSA) is 34.9 Å². The molecule has 1 aromatic carbocycles. The summed E-state index contributed by atoms with van der Waals surface area (Å²) in [5.41, 5.74) is 4.93. The van der Waals surface area contributed by atoms with Gasteiger partial charge in [0, 0.05) is 11.8 Å². The Morgan fingerprint density at radius 2 is 1.95 bits per heavy atom. The minimum atomic E-state index is 0.354. The van der Waals surface area contributed by atoms with Gasteiger partial charge in [-0.15, -0.1) is 0 Å². The lowest BCUT2D eigenvalue weighted by Crippen LogP contribution is -2.07. The molecule has 0 aliphatic heterocycles. The third-order valence-electron chi connectivity index (χ3n) is 4.06. The van der Waals surface area contributed by atoms with Crippen LogP contribution in [0.15, 0.2) is 24.4 Å². The molecule has 1 aromatic heterocycles. The van der Waals surface area contributed by atoms with Crippen molar-refractivity contribution < 1.29 is 4.79 Å². The molecule has 0 saturated carbocycles. The number of rotatable bonds is 5. The van der Waals surface area contributed by atoms with E-state index in [4.69, 9.17) is 0 Å². The molecule has 0 fully saturated rings. The molecule has 0 bridgehead atoms. The Labute approximate surface area is 120 Å². The number of hydrogen-bond donors (Lipinski definition) is 0. The second kappa shape index (κ2) is 6.04. The van der Waals surface area contributed by atoms with Crippen LogP contribution in [0.1, 0.15) is 54.2 Å². The van der Waals surface area contributed by atoms with Gasteiger partial charge in [0.05, 0.1) is 11.6 Å². The first kappa shape index (κ1) is 14.5. The lowest BCUT2D eigenvalue weighted by Gasteiger charge is -2.12. The third kappa shape index (κ3) is 2.53. The lowest BCUT2D eigenvalue weighted by molar-refractivity contribution is 0.112. The molecular weight excluding hydrogens is 248 g/mol. The van der Waals surface area contributed by atoms with Crippen molar-refractivity contribution in [1.29, 1.82) is 0 Å². The minimum Gasteiger partial charge on any atom is -0.298 e. The molecule has 106 valence electrons. The average molecular weight is 270 g/mol. The molecule has 2 rings (SSSR count). The van der Waals surface area contributed by atoms with E-state index in [0.717, 1.165) is 30.4 Å². The van der Waals surface area contributed by atoms with Crippen LogP contribution in [-0.4, -0.2) is 16.1 Å². The van der Waals surface area contributed by atoms with Gasteiger partial charge in [0.2, 0.25) is 0 Å². The predicted molar refractivity (Wildman–Crippen MR) is 82.1 cm³/mol. The summed E-state index contributed by atoms with van der Waals surface area (Å²) in [6, 6.07) is 6.49. The fourth-order valence-corrected chi connectivity index (χ4v) is 2.56. The summed E-state index contributed by atoms with van der Waals surface area (Å²) in [5.74, 6) is 0. The first-order chi connectivity index (χ1) is 9.62. The fraction of sp³-hybridized carbons (Fsp3) is 0.412. The van der Waals surface area contributed by atoms with Crippen LogP contribution in [0.4, 0.5) is 0 Å². The number of aromatic nitrogens is 2. The normalized spacial score (nSPS) is 11.1. The van der Waals surface area contributed by atoms with Crippen LogP contribution < -0.4 is 0 Å². The summed E-state index contributed by atoms with van der Waals surface area (Å²) >= 11 is 0. The van der Waals surface area contributed by atoms with Crippen molar-refractivity contribution in [2.24, 2.45) is 0 Å². The standard InChI is InChI=1S/C17H22N2O/c1-5-15(6-2)19-10-14(11-20)17(18-19)16-9-7-8-12(3)13(16)4/h7-11,15H,5-6H2,1-4H3. The van der Waals surface area contributed by atoms with Gasteiger partial charge in [-0.1, -0.05) is 32.0 Å². The van der Waals surface area contributed by atoms with E-state index in [0.29, 0.717) is 11.6 Å². The molecule has 3 nitrogen and oxygen atoms in total. The van der Waals surface area contributed by atoms with Crippen molar-refractivity contribution >= 4 is 6.29 Å². The third-order valence-corrected chi connectivity index (χ3v) is 4.06. The quantitative estimate of drug-likeness (QED) is 0.757. The van der Waals surface area contributed by atoms with E-state index >= 15 is 0 Å². The highest BCUT2D eigenvalue weighted by Gasteiger charge is 2.16. The van der Waals surface area contributed by atoms with Gasteiger partial charge in [-0.05, 0) is 37.8 Å². The van der Waals surface area contributed by atoms with Crippen LogP contribution in [0.2, 0.25) is 0 Å². The SMILES string of the molecule is CCC(CC)n1cc(C=O)c(-c2cccc(C)c2C)n1. The zero-order chi connectivity index (χ0) is 14.7. The number of nitrogens with zero attached hydrogens (tertiary/aromatic N) is 2. The zero-order valence-electron chi connectivity index (χ0n) is 12.7. The van der Waals surface area contributed by atoms with E-state index in [1.165, 1.54) is 11.1 Å². The first-order valence-electron chi connectivity index (χ1n) is 7.23. The summed E-state index contributed by atoms with van der Waals surface area (Å²) in [4.78, 5) is 11.4. The Kier molecular flexibility index (Phi) is 4.38. The van der Waals surface area contributed by atoms with Crippen molar-refractivity contribution in [2.45, 2.75) is 46.6 Å². The number of carbonyl (C=O) groups is 1. The second-order valence-corrected chi connectivity index (χ2v) is 5.25. The second-order valence-electron chi connectivity index (χ2n) is 5.25. The highest BCUT2D eigenvalue weighted by Crippen LogP contribution is 2.28. The number of benzene rings is 1. The molecule has 0 radical (unpaired) electrons. The molecule has 3 heteroatoms. The average Bonchev–Trinajstić information content (AvgIpc) is 2.87. The summed E-state index contributed by atoms with van der Waals surface area (Å²) in [6.07, 6.45) is 4.82. The maximum absolute atomic E-state index is 11.4. The van der Waals surface area contributed by atoms with Crippen molar-refractivity contribution in [3.63, 3.8) is 0 Å². The van der Waals surface area contributed by atoms with Gasteiger partial charge < -0.3 is 0 Å². The summed E-state index contributed by atoms with van der Waals surface area (Å²) in [5, 5.41) is 4.68. The number of aryl methyl sites for hydroxylation is 1. The summed E-state index contributed by atoms with van der Waals surface area (Å²) in [7, 11) is 0. The van der Waals surface area contributed by atoms with Gasteiger partial charge in [-0.2, -0.15) is 5.10 Å². The van der Waals surface area contributed by atoms with Crippen LogP contribution >= 0.6 is 0 Å². The van der Waals surface area contributed by atoms with Crippen LogP contribution in [0.3, 0.4) is 0 Å². The monoisotopic (exact) mass is 270 g/mol. The molecule has 0 unspecified atom stereocenters. The number of carbonyl (C=O) groups excluding carboxylic acids is 1. The fourth-order valence-electron chi connectivity index (χ4n) is 2.56. The molecule has 0 aliphatic rings. The van der Waals surface area contributed by atoms with Crippen molar-refractivity contribution in [3.05, 3.63) is 41.1 Å². The summed E-state index contributed by atoms with van der Waals surface area (Å²) < 4.78 is 1.95. The van der Waals surface area contributed by atoms with E-state index < -0.39 is 0 Å². The Morgan fingerprint density at radius 3 is 2.55 bits per heavy atom. The molecule has 1 heterocycles. The van der Waals surface area contributed by atoms with Crippen molar-refractivity contribution in [3.8, 4) is 11.3 Å². The summed E-state index contributed by atoms with van der Waals surface area (Å²) in [6.45, 7) is 8.45. The smallest absolute Gasteiger partial charge is 0.153 e. The minimum absolute atomic E-state index is 0.354. The molecule has 0 amide bonds. The number of hydrogen-bond acceptors (Lipinski definition) is 2. The van der Waals surface area contributed by atoms with Gasteiger partial charge in [-0.25, -0.2) is 0 Å². The van der Waals surface area contributed by atoms with Crippen LogP contribution in [0.5, 0.6) is 0 Å². The van der Waals surface area contributed by atoms with E-state index in [1.54, 1.807) is 0 Å². The molecule has 0 atom stereocenters. The predicted octanol–water partition coefficient (Wildman–Crippen LogP) is 4.34. The van der Waals surface area contributed by atoms with Gasteiger partial charge in [-0.3, -0.25) is 9.48 Å².